The van der Waals surface area contributed by atoms with Gasteiger partial charge in [-0.15, -0.1) is 0 Å². The topological polar surface area (TPSA) is 63.0 Å². The molecule has 0 aliphatic carbocycles. The van der Waals surface area contributed by atoms with Crippen molar-refractivity contribution in [2.75, 3.05) is 0 Å². The van der Waals surface area contributed by atoms with Gasteiger partial charge in [-0.05, 0) is 17.7 Å². The molecule has 3 aromatic rings. The predicted molar refractivity (Wildman–Crippen MR) is 77.2 cm³/mol. The Labute approximate surface area is 120 Å². The molecule has 104 valence electrons. The number of aromatic hydroxyl groups is 1. The molecule has 21 heavy (non-hydrogen) atoms. The van der Waals surface area contributed by atoms with E-state index in [2.05, 4.69) is 0 Å². The minimum atomic E-state index is -0.258. The van der Waals surface area contributed by atoms with E-state index in [4.69, 9.17) is 9.15 Å². The van der Waals surface area contributed by atoms with Gasteiger partial charge >= 0.3 is 0 Å². The van der Waals surface area contributed by atoms with Crippen LogP contribution in [0.25, 0.3) is 11.0 Å². The third kappa shape index (κ3) is 2.00. The third-order valence-electron chi connectivity index (χ3n) is 3.65. The van der Waals surface area contributed by atoms with Gasteiger partial charge in [-0.1, -0.05) is 36.4 Å². The van der Waals surface area contributed by atoms with Crippen molar-refractivity contribution in [3.8, 4) is 5.75 Å². The highest BCUT2D eigenvalue weighted by atomic mass is 16.6. The van der Waals surface area contributed by atoms with Crippen LogP contribution in [-0.2, 0) is 4.74 Å². The molecule has 0 unspecified atom stereocenters. The lowest BCUT2D eigenvalue weighted by molar-refractivity contribution is 0.351. The number of phenolic OH excluding ortho intramolecular Hbond substituents is 1. The molecule has 0 saturated carbocycles. The number of benzene rings is 2. The fourth-order valence-corrected chi connectivity index (χ4v) is 2.58. The van der Waals surface area contributed by atoms with Crippen LogP contribution in [0.2, 0.25) is 0 Å². The average Bonchev–Trinajstić information content (AvgIpc) is 3.28. The summed E-state index contributed by atoms with van der Waals surface area (Å²) in [6.45, 7) is 0. The summed E-state index contributed by atoms with van der Waals surface area (Å²) in [6.07, 6.45) is -0.323. The van der Waals surface area contributed by atoms with Gasteiger partial charge in [0.25, 0.3) is 0 Å². The van der Waals surface area contributed by atoms with Gasteiger partial charge in [0.05, 0.1) is 0 Å². The lowest BCUT2D eigenvalue weighted by Gasteiger charge is -2.02. The summed E-state index contributed by atoms with van der Waals surface area (Å²) in [5.41, 5.74) is 1.17. The molecule has 0 bridgehead atoms. The highest BCUT2D eigenvalue weighted by Gasteiger charge is 2.43. The molecule has 2 heterocycles. The summed E-state index contributed by atoms with van der Waals surface area (Å²) >= 11 is 0. The van der Waals surface area contributed by atoms with Gasteiger partial charge in [0, 0.05) is 6.07 Å². The summed E-state index contributed by atoms with van der Waals surface area (Å²) in [4.78, 5) is 12.1. The molecule has 4 nitrogen and oxygen atoms in total. The van der Waals surface area contributed by atoms with E-state index in [0.717, 1.165) is 5.56 Å². The molecule has 0 amide bonds. The standard InChI is InChI=1S/C17H12O4/c18-11-7-4-8-13-15(11)12(19)9-14(20-13)17-16(21-17)10-5-2-1-3-6-10/h1-9,16-18H/t16-,17-/m0/s1. The van der Waals surface area contributed by atoms with Crippen LogP contribution in [-0.4, -0.2) is 5.11 Å². The first-order valence-electron chi connectivity index (χ1n) is 6.70. The number of fused-ring (bicyclic) bond motifs is 1. The molecule has 1 N–H and O–H groups in total. The van der Waals surface area contributed by atoms with Gasteiger partial charge in [-0.2, -0.15) is 0 Å². The number of hydrogen-bond acceptors (Lipinski definition) is 4. The smallest absolute Gasteiger partial charge is 0.196 e. The van der Waals surface area contributed by atoms with E-state index in [0.29, 0.717) is 11.3 Å². The normalized spacial score (nSPS) is 20.6. The van der Waals surface area contributed by atoms with Gasteiger partial charge in [0.15, 0.2) is 5.43 Å². The van der Waals surface area contributed by atoms with Crippen LogP contribution in [0.4, 0.5) is 0 Å². The molecule has 1 saturated heterocycles. The SMILES string of the molecule is O=c1cc([C@@H]2O[C@H]2c2ccccc2)oc2cccc(O)c12. The number of ether oxygens (including phenoxy) is 1. The third-order valence-corrected chi connectivity index (χ3v) is 3.65. The summed E-state index contributed by atoms with van der Waals surface area (Å²) in [5.74, 6) is 0.427. The highest BCUT2D eigenvalue weighted by Crippen LogP contribution is 2.50. The number of phenols is 1. The van der Waals surface area contributed by atoms with Gasteiger partial charge in [0.2, 0.25) is 0 Å². The molecular formula is C17H12O4. The van der Waals surface area contributed by atoms with Gasteiger partial charge in [0.1, 0.15) is 34.7 Å². The minimum absolute atomic E-state index is 0.0656. The Hall–Kier alpha value is -2.59. The number of epoxide rings is 1. The van der Waals surface area contributed by atoms with Gasteiger partial charge in [-0.3, -0.25) is 4.79 Å². The van der Waals surface area contributed by atoms with Crippen molar-refractivity contribution < 1.29 is 14.3 Å². The van der Waals surface area contributed by atoms with E-state index in [1.807, 2.05) is 30.3 Å². The molecular weight excluding hydrogens is 268 g/mol. The molecule has 2 atom stereocenters. The molecule has 1 aliphatic heterocycles. The second-order valence-electron chi connectivity index (χ2n) is 5.05. The zero-order valence-corrected chi connectivity index (χ0v) is 11.0. The Balaban J connectivity index is 1.75. The second-order valence-corrected chi connectivity index (χ2v) is 5.05. The molecule has 2 aromatic carbocycles. The molecule has 1 aliphatic rings. The van der Waals surface area contributed by atoms with Crippen molar-refractivity contribution >= 4 is 11.0 Å². The maximum absolute atomic E-state index is 12.1. The summed E-state index contributed by atoms with van der Waals surface area (Å²) in [7, 11) is 0. The van der Waals surface area contributed by atoms with Crippen molar-refractivity contribution in [3.63, 3.8) is 0 Å². The van der Waals surface area contributed by atoms with Crippen molar-refractivity contribution in [1.29, 1.82) is 0 Å². The Morgan fingerprint density at radius 1 is 0.952 bits per heavy atom. The molecule has 1 fully saturated rings. The Bertz CT molecular complexity index is 867. The minimum Gasteiger partial charge on any atom is -0.507 e. The lowest BCUT2D eigenvalue weighted by Crippen LogP contribution is -2.02. The maximum Gasteiger partial charge on any atom is 0.196 e. The Morgan fingerprint density at radius 2 is 1.76 bits per heavy atom. The van der Waals surface area contributed by atoms with Crippen LogP contribution < -0.4 is 5.43 Å². The first-order valence-corrected chi connectivity index (χ1v) is 6.70. The van der Waals surface area contributed by atoms with Crippen LogP contribution in [0.5, 0.6) is 5.75 Å². The monoisotopic (exact) mass is 280 g/mol. The molecule has 4 heteroatoms. The van der Waals surface area contributed by atoms with Crippen LogP contribution >= 0.6 is 0 Å². The van der Waals surface area contributed by atoms with Crippen molar-refractivity contribution in [2.45, 2.75) is 12.2 Å². The first-order chi connectivity index (χ1) is 10.2. The van der Waals surface area contributed by atoms with Crippen molar-refractivity contribution in [3.05, 3.63) is 76.1 Å². The van der Waals surface area contributed by atoms with E-state index in [-0.39, 0.29) is 28.8 Å². The maximum atomic E-state index is 12.1. The van der Waals surface area contributed by atoms with Crippen LogP contribution in [0.1, 0.15) is 23.5 Å². The number of hydrogen-bond donors (Lipinski definition) is 1. The van der Waals surface area contributed by atoms with Crippen LogP contribution in [0, 0.1) is 0 Å². The van der Waals surface area contributed by atoms with Crippen LogP contribution in [0.15, 0.2) is 63.8 Å². The van der Waals surface area contributed by atoms with Gasteiger partial charge in [-0.25, -0.2) is 0 Å². The summed E-state index contributed by atoms with van der Waals surface area (Å²) in [6, 6.07) is 16.0. The number of rotatable bonds is 2. The fourth-order valence-electron chi connectivity index (χ4n) is 2.58. The molecule has 0 spiro atoms. The molecule has 0 radical (unpaired) electrons. The lowest BCUT2D eigenvalue weighted by atomic mass is 10.1. The fraction of sp³-hybridized carbons (Fsp3) is 0.118. The summed E-state index contributed by atoms with van der Waals surface area (Å²) in [5, 5.41) is 9.94. The summed E-state index contributed by atoms with van der Waals surface area (Å²) < 4.78 is 11.3. The van der Waals surface area contributed by atoms with Crippen molar-refractivity contribution in [1.82, 2.24) is 0 Å². The van der Waals surface area contributed by atoms with E-state index in [1.54, 1.807) is 12.1 Å². The quantitative estimate of drug-likeness (QED) is 0.731. The largest absolute Gasteiger partial charge is 0.507 e. The predicted octanol–water partition coefficient (Wildman–Crippen LogP) is 3.31. The first kappa shape index (κ1) is 12.2. The Kier molecular flexibility index (Phi) is 2.59. The van der Waals surface area contributed by atoms with E-state index in [9.17, 15) is 9.90 Å². The van der Waals surface area contributed by atoms with E-state index >= 15 is 0 Å². The van der Waals surface area contributed by atoms with E-state index < -0.39 is 0 Å². The van der Waals surface area contributed by atoms with Crippen LogP contribution in [0.3, 0.4) is 0 Å². The average molecular weight is 280 g/mol. The highest BCUT2D eigenvalue weighted by molar-refractivity contribution is 5.82. The zero-order chi connectivity index (χ0) is 14.4. The van der Waals surface area contributed by atoms with Gasteiger partial charge < -0.3 is 14.3 Å². The van der Waals surface area contributed by atoms with E-state index in [1.165, 1.54) is 12.1 Å². The molecule has 4 rings (SSSR count). The Morgan fingerprint density at radius 3 is 2.57 bits per heavy atom. The molecule has 1 aromatic heterocycles. The van der Waals surface area contributed by atoms with Crippen molar-refractivity contribution in [2.24, 2.45) is 0 Å². The second kappa shape index (κ2) is 4.46. The zero-order valence-electron chi connectivity index (χ0n) is 11.0.